The third-order valence-corrected chi connectivity index (χ3v) is 7.61. The van der Waals surface area contributed by atoms with Gasteiger partial charge in [-0.2, -0.15) is 0 Å². The van der Waals surface area contributed by atoms with Gasteiger partial charge < -0.3 is 23.8 Å². The summed E-state index contributed by atoms with van der Waals surface area (Å²) in [5.41, 5.74) is 2.60. The summed E-state index contributed by atoms with van der Waals surface area (Å²) >= 11 is 0. The predicted molar refractivity (Wildman–Crippen MR) is 152 cm³/mol. The second kappa shape index (κ2) is 12.3. The van der Waals surface area contributed by atoms with Crippen molar-refractivity contribution in [3.63, 3.8) is 0 Å². The van der Waals surface area contributed by atoms with Crippen molar-refractivity contribution in [1.29, 1.82) is 0 Å². The Morgan fingerprint density at radius 1 is 1.11 bits per heavy atom. The molecule has 208 valence electrons. The molecular weight excluding hydrogens is 476 g/mol. The van der Waals surface area contributed by atoms with Gasteiger partial charge in [-0.05, 0) is 81.5 Å². The van der Waals surface area contributed by atoms with Crippen molar-refractivity contribution < 1.29 is 18.9 Å². The van der Waals surface area contributed by atoms with Crippen LogP contribution in [-0.4, -0.2) is 74.1 Å². The van der Waals surface area contributed by atoms with Crippen LogP contribution in [0.15, 0.2) is 47.9 Å². The zero-order valence-corrected chi connectivity index (χ0v) is 23.8. The Morgan fingerprint density at radius 2 is 1.92 bits per heavy atom. The van der Waals surface area contributed by atoms with Crippen molar-refractivity contribution in [3.8, 4) is 5.75 Å². The summed E-state index contributed by atoms with van der Waals surface area (Å²) in [4.78, 5) is 5.09. The summed E-state index contributed by atoms with van der Waals surface area (Å²) in [6, 6.07) is 13.8. The second-order valence-electron chi connectivity index (χ2n) is 12.1. The van der Waals surface area contributed by atoms with E-state index in [1.165, 1.54) is 54.0 Å². The minimum atomic E-state index is -0.189. The van der Waals surface area contributed by atoms with Crippen molar-refractivity contribution in [2.45, 2.75) is 83.6 Å². The van der Waals surface area contributed by atoms with Gasteiger partial charge in [-0.1, -0.05) is 24.3 Å². The molecule has 6 nitrogen and oxygen atoms in total. The molecule has 2 aromatic rings. The summed E-state index contributed by atoms with van der Waals surface area (Å²) in [7, 11) is 1.74. The van der Waals surface area contributed by atoms with Gasteiger partial charge in [0.25, 0.3) is 0 Å². The van der Waals surface area contributed by atoms with E-state index in [0.717, 1.165) is 50.8 Å². The summed E-state index contributed by atoms with van der Waals surface area (Å²) in [6.45, 7) is 12.2. The van der Waals surface area contributed by atoms with Gasteiger partial charge >= 0.3 is 0 Å². The smallest absolute Gasteiger partial charge is 0.189 e. The van der Waals surface area contributed by atoms with E-state index < -0.39 is 0 Å². The van der Waals surface area contributed by atoms with Gasteiger partial charge in [0.05, 0.1) is 19.3 Å². The van der Waals surface area contributed by atoms with Crippen molar-refractivity contribution in [1.82, 2.24) is 9.80 Å². The molecule has 2 aliphatic carbocycles. The standard InChI is InChI=1S/C32H46N2O4/c1-32(2,3)38-31(25-10-7-11-25)33-15-18-36-28(22-33)23-34(27-13-14-27)21-24-19-26-9-5-6-12-29(26)30(20-24)37-17-8-16-35-4/h5-6,9,12,19-20,27-28H,7-8,10-11,13-18,21-23H2,1-4H3. The third kappa shape index (κ3) is 7.22. The average Bonchev–Trinajstić information content (AvgIpc) is 3.70. The lowest BCUT2D eigenvalue weighted by Gasteiger charge is -2.41. The van der Waals surface area contributed by atoms with Crippen LogP contribution in [0.1, 0.15) is 64.9 Å². The number of allylic oxidation sites excluding steroid dienone is 1. The largest absolute Gasteiger partial charge is 0.493 e. The molecule has 1 atom stereocenters. The molecule has 1 unspecified atom stereocenters. The van der Waals surface area contributed by atoms with E-state index in [-0.39, 0.29) is 11.7 Å². The Hall–Kier alpha value is -2.28. The number of morpholine rings is 1. The molecule has 5 rings (SSSR count). The maximum absolute atomic E-state index is 6.51. The van der Waals surface area contributed by atoms with Crippen LogP contribution in [0, 0.1) is 0 Å². The van der Waals surface area contributed by atoms with Gasteiger partial charge in [-0.3, -0.25) is 4.90 Å². The number of hydrogen-bond donors (Lipinski definition) is 0. The molecule has 0 amide bonds. The lowest BCUT2D eigenvalue weighted by molar-refractivity contribution is -0.0747. The molecule has 1 saturated heterocycles. The van der Waals surface area contributed by atoms with Crippen LogP contribution < -0.4 is 4.74 Å². The van der Waals surface area contributed by atoms with Crippen molar-refractivity contribution >= 4 is 10.8 Å². The van der Waals surface area contributed by atoms with E-state index in [1.807, 2.05) is 0 Å². The van der Waals surface area contributed by atoms with Crippen LogP contribution in [-0.2, 0) is 20.8 Å². The van der Waals surface area contributed by atoms with E-state index in [2.05, 4.69) is 67.0 Å². The average molecular weight is 523 g/mol. The van der Waals surface area contributed by atoms with E-state index in [4.69, 9.17) is 18.9 Å². The van der Waals surface area contributed by atoms with Gasteiger partial charge in [-0.15, -0.1) is 0 Å². The molecule has 38 heavy (non-hydrogen) atoms. The highest BCUT2D eigenvalue weighted by atomic mass is 16.5. The first-order chi connectivity index (χ1) is 18.4. The first kappa shape index (κ1) is 27.3. The molecule has 3 aliphatic rings. The van der Waals surface area contributed by atoms with Gasteiger partial charge in [0.1, 0.15) is 11.4 Å². The molecule has 2 saturated carbocycles. The number of benzene rings is 2. The highest BCUT2D eigenvalue weighted by molar-refractivity contribution is 5.89. The topological polar surface area (TPSA) is 43.4 Å². The van der Waals surface area contributed by atoms with Crippen molar-refractivity contribution in [3.05, 3.63) is 53.4 Å². The first-order valence-electron chi connectivity index (χ1n) is 14.5. The summed E-state index contributed by atoms with van der Waals surface area (Å²) in [5.74, 6) is 2.10. The predicted octanol–water partition coefficient (Wildman–Crippen LogP) is 6.13. The summed E-state index contributed by atoms with van der Waals surface area (Å²) < 4.78 is 24.3. The van der Waals surface area contributed by atoms with Gasteiger partial charge in [0.2, 0.25) is 0 Å². The lowest BCUT2D eigenvalue weighted by Crippen LogP contribution is -2.48. The molecule has 0 bridgehead atoms. The number of rotatable bonds is 12. The Kier molecular flexibility index (Phi) is 8.81. The Morgan fingerprint density at radius 3 is 2.63 bits per heavy atom. The highest BCUT2D eigenvalue weighted by Gasteiger charge is 2.34. The molecule has 6 heteroatoms. The minimum Gasteiger partial charge on any atom is -0.493 e. The van der Waals surface area contributed by atoms with E-state index in [1.54, 1.807) is 7.11 Å². The van der Waals surface area contributed by atoms with Crippen LogP contribution in [0.5, 0.6) is 5.75 Å². The Bertz CT molecular complexity index is 1100. The fraction of sp³-hybridized carbons (Fsp3) is 0.625. The van der Waals surface area contributed by atoms with Gasteiger partial charge in [0.15, 0.2) is 5.88 Å². The summed E-state index contributed by atoms with van der Waals surface area (Å²) in [5, 5.41) is 2.41. The molecule has 0 aromatic heterocycles. The van der Waals surface area contributed by atoms with E-state index >= 15 is 0 Å². The fourth-order valence-corrected chi connectivity index (χ4v) is 5.44. The minimum absolute atomic E-state index is 0.175. The molecule has 0 spiro atoms. The molecule has 1 aliphatic heterocycles. The monoisotopic (exact) mass is 522 g/mol. The SMILES string of the molecule is COCCCOc1cc(CN(CC2CN(C(OC(C)(C)C)=C3CCC3)CCO2)C2CC2)cc2ccccc12. The van der Waals surface area contributed by atoms with Crippen LogP contribution >= 0.6 is 0 Å². The summed E-state index contributed by atoms with van der Waals surface area (Å²) in [6.07, 6.45) is 7.21. The number of fused-ring (bicyclic) bond motifs is 1. The molecular formula is C32H46N2O4. The molecule has 0 N–H and O–H groups in total. The lowest BCUT2D eigenvalue weighted by atomic mass is 9.92. The van der Waals surface area contributed by atoms with E-state index in [0.29, 0.717) is 19.3 Å². The number of ether oxygens (including phenoxy) is 4. The maximum atomic E-state index is 6.51. The fourth-order valence-electron chi connectivity index (χ4n) is 5.44. The van der Waals surface area contributed by atoms with Crippen molar-refractivity contribution in [2.24, 2.45) is 0 Å². The Balaban J connectivity index is 1.28. The third-order valence-electron chi connectivity index (χ3n) is 7.61. The number of methoxy groups -OCH3 is 1. The normalized spacial score (nSPS) is 20.1. The van der Waals surface area contributed by atoms with Crippen LogP contribution in [0.25, 0.3) is 10.8 Å². The van der Waals surface area contributed by atoms with Gasteiger partial charge in [-0.25, -0.2) is 0 Å². The molecule has 3 fully saturated rings. The van der Waals surface area contributed by atoms with Crippen LogP contribution in [0.2, 0.25) is 0 Å². The maximum Gasteiger partial charge on any atom is 0.189 e. The molecule has 1 heterocycles. The van der Waals surface area contributed by atoms with Crippen molar-refractivity contribution in [2.75, 3.05) is 46.6 Å². The zero-order chi connectivity index (χ0) is 26.5. The number of hydrogen-bond acceptors (Lipinski definition) is 6. The molecule has 2 aromatic carbocycles. The van der Waals surface area contributed by atoms with Gasteiger partial charge in [0, 0.05) is 57.7 Å². The van der Waals surface area contributed by atoms with Crippen LogP contribution in [0.3, 0.4) is 0 Å². The number of nitrogens with zero attached hydrogens (tertiary/aromatic N) is 2. The van der Waals surface area contributed by atoms with E-state index in [9.17, 15) is 0 Å². The first-order valence-corrected chi connectivity index (χ1v) is 14.5. The zero-order valence-electron chi connectivity index (χ0n) is 23.8. The van der Waals surface area contributed by atoms with Crippen LogP contribution in [0.4, 0.5) is 0 Å². The second-order valence-corrected chi connectivity index (χ2v) is 12.1. The quantitative estimate of drug-likeness (QED) is 0.247. The Labute approximate surface area is 228 Å². The molecule has 0 radical (unpaired) electrons. The highest BCUT2D eigenvalue weighted by Crippen LogP contribution is 2.35.